The molecule has 4 atom stereocenters. The molecule has 2 N–H and O–H groups in total. The number of aromatic nitrogens is 4. The van der Waals surface area contributed by atoms with Crippen LogP contribution in [0.15, 0.2) is 23.1 Å². The van der Waals surface area contributed by atoms with E-state index in [0.29, 0.717) is 11.7 Å². The largest absolute Gasteiger partial charge is 0.408 e. The Labute approximate surface area is 282 Å². The lowest BCUT2D eigenvalue weighted by Crippen LogP contribution is -2.53. The lowest BCUT2D eigenvalue weighted by molar-refractivity contribution is -0.0244. The number of rotatable bonds is 10. The minimum absolute atomic E-state index is 0.0125. The third-order valence-corrected chi connectivity index (χ3v) is 21.1. The minimum Gasteiger partial charge on any atom is -0.408 e. The van der Waals surface area contributed by atoms with E-state index in [1.165, 1.54) is 44.0 Å². The molecule has 0 aromatic carbocycles. The second kappa shape index (κ2) is 13.3. The van der Waals surface area contributed by atoms with Gasteiger partial charge in [-0.05, 0) is 62.1 Å². The highest BCUT2D eigenvalue weighted by molar-refractivity contribution is 7.98. The van der Waals surface area contributed by atoms with Crippen LogP contribution in [0.1, 0.15) is 103 Å². The van der Waals surface area contributed by atoms with E-state index in [0.717, 1.165) is 34.0 Å². The summed E-state index contributed by atoms with van der Waals surface area (Å²) in [5.41, 5.74) is 9.28. The fourth-order valence-corrected chi connectivity index (χ4v) is 9.89. The Bertz CT molecular complexity index is 1490. The normalized spacial score (nSPS) is 23.9. The number of anilines is 1. The third-order valence-electron chi connectivity index (χ3n) is 11.1. The van der Waals surface area contributed by atoms with E-state index in [1.54, 1.807) is 0 Å². The van der Waals surface area contributed by atoms with Crippen LogP contribution >= 0.6 is 11.8 Å². The molecule has 0 amide bonds. The summed E-state index contributed by atoms with van der Waals surface area (Å²) in [6.45, 7) is 25.1. The van der Waals surface area contributed by atoms with Crippen LogP contribution in [0.4, 0.5) is 5.82 Å². The van der Waals surface area contributed by atoms with Gasteiger partial charge in [-0.2, -0.15) is 11.8 Å². The molecule has 0 spiro atoms. The zero-order chi connectivity index (χ0) is 33.7. The Hall–Kier alpha value is -1.71. The summed E-state index contributed by atoms with van der Waals surface area (Å²) in [5.74, 6) is 3.63. The minimum atomic E-state index is -2.25. The van der Waals surface area contributed by atoms with E-state index in [-0.39, 0.29) is 28.4 Å². The lowest BCUT2D eigenvalue weighted by Gasteiger charge is -2.44. The Morgan fingerprint density at radius 1 is 0.957 bits per heavy atom. The van der Waals surface area contributed by atoms with Gasteiger partial charge in [0.2, 0.25) is 0 Å². The number of thioether (sulfide) groups is 1. The first-order valence-electron chi connectivity index (χ1n) is 17.0. The summed E-state index contributed by atoms with van der Waals surface area (Å²) in [5, 5.41) is 5.27. The maximum absolute atomic E-state index is 7.34. The Balaban J connectivity index is 1.49. The van der Waals surface area contributed by atoms with Crippen molar-refractivity contribution in [1.29, 1.82) is 0 Å². The topological polar surface area (TPSA) is 110 Å². The van der Waals surface area contributed by atoms with Crippen LogP contribution in [0.5, 0.6) is 0 Å². The van der Waals surface area contributed by atoms with Crippen molar-refractivity contribution in [3.05, 3.63) is 35.6 Å². The number of aryl methyl sites for hydroxylation is 1. The SMILES string of the molecule is Cc1noc(C2CCCCC2)c1CSC[C@H]1O[C@@H](n2ccc3c(N)ncnc32)[C@H](O[Si](C)(C)C(C)(C)C)[C@@H]1O[Si](C)(C)C(C)(C)C. The van der Waals surface area contributed by atoms with Gasteiger partial charge in [-0.15, -0.1) is 0 Å². The maximum Gasteiger partial charge on any atom is 0.192 e. The first-order valence-corrected chi connectivity index (χ1v) is 24.0. The van der Waals surface area contributed by atoms with Crippen molar-refractivity contribution in [2.24, 2.45) is 0 Å². The maximum atomic E-state index is 7.34. The van der Waals surface area contributed by atoms with Crippen LogP contribution in [0, 0.1) is 6.92 Å². The van der Waals surface area contributed by atoms with Crippen molar-refractivity contribution < 1.29 is 18.1 Å². The Kier molecular flexibility index (Phi) is 10.3. The number of nitrogens with two attached hydrogens (primary N) is 1. The molecule has 9 nitrogen and oxygen atoms in total. The summed E-state index contributed by atoms with van der Waals surface area (Å²) in [4.78, 5) is 8.87. The number of nitrogen functional groups attached to an aromatic ring is 1. The van der Waals surface area contributed by atoms with E-state index in [2.05, 4.69) is 94.3 Å². The fraction of sp³-hybridized carbons (Fsp3) is 0.735. The van der Waals surface area contributed by atoms with Gasteiger partial charge in [0.1, 0.15) is 35.8 Å². The van der Waals surface area contributed by atoms with E-state index >= 15 is 0 Å². The highest BCUT2D eigenvalue weighted by Crippen LogP contribution is 2.47. The molecule has 46 heavy (non-hydrogen) atoms. The highest BCUT2D eigenvalue weighted by Gasteiger charge is 2.54. The van der Waals surface area contributed by atoms with Crippen molar-refractivity contribution >= 4 is 45.2 Å². The molecule has 4 heterocycles. The Morgan fingerprint density at radius 2 is 1.59 bits per heavy atom. The molecule has 1 saturated heterocycles. The summed E-state index contributed by atoms with van der Waals surface area (Å²) >= 11 is 1.88. The predicted octanol–water partition coefficient (Wildman–Crippen LogP) is 8.97. The second-order valence-corrected chi connectivity index (χ2v) is 27.0. The molecule has 3 aromatic rings. The highest BCUT2D eigenvalue weighted by atomic mass is 32.2. The molecule has 3 aromatic heterocycles. The number of hydrogen-bond acceptors (Lipinski definition) is 9. The van der Waals surface area contributed by atoms with Crippen LogP contribution in [0.3, 0.4) is 0 Å². The lowest BCUT2D eigenvalue weighted by atomic mass is 9.86. The average Bonchev–Trinajstić information content (AvgIpc) is 3.64. The molecule has 0 radical (unpaired) electrons. The van der Waals surface area contributed by atoms with Gasteiger partial charge in [-0.25, -0.2) is 9.97 Å². The monoisotopic (exact) mass is 687 g/mol. The van der Waals surface area contributed by atoms with Crippen molar-refractivity contribution in [2.75, 3.05) is 11.5 Å². The summed E-state index contributed by atoms with van der Waals surface area (Å²) in [7, 11) is -4.47. The summed E-state index contributed by atoms with van der Waals surface area (Å²) in [6, 6.07) is 1.98. The van der Waals surface area contributed by atoms with Gasteiger partial charge in [-0.1, -0.05) is 66.0 Å². The molecule has 1 aliphatic carbocycles. The third kappa shape index (κ3) is 7.17. The van der Waals surface area contributed by atoms with E-state index in [1.807, 2.05) is 24.0 Å². The molecular formula is C34H57N5O4SSi2. The predicted molar refractivity (Wildman–Crippen MR) is 193 cm³/mol. The Morgan fingerprint density at radius 3 is 2.22 bits per heavy atom. The molecule has 2 aliphatic rings. The van der Waals surface area contributed by atoms with Gasteiger partial charge in [-0.3, -0.25) is 0 Å². The molecule has 0 unspecified atom stereocenters. The van der Waals surface area contributed by atoms with Crippen molar-refractivity contribution in [3.8, 4) is 0 Å². The molecule has 5 rings (SSSR count). The van der Waals surface area contributed by atoms with Crippen molar-refractivity contribution in [1.82, 2.24) is 19.7 Å². The van der Waals surface area contributed by atoms with Gasteiger partial charge in [0.25, 0.3) is 0 Å². The average molecular weight is 688 g/mol. The van der Waals surface area contributed by atoms with E-state index in [9.17, 15) is 0 Å². The number of fused-ring (bicyclic) bond motifs is 1. The molecule has 12 heteroatoms. The zero-order valence-electron chi connectivity index (χ0n) is 30.0. The quantitative estimate of drug-likeness (QED) is 0.209. The fourth-order valence-electron chi connectivity index (χ4n) is 6.11. The number of nitrogens with zero attached hydrogens (tertiary/aromatic N) is 4. The van der Waals surface area contributed by atoms with Gasteiger partial charge >= 0.3 is 0 Å². The first-order chi connectivity index (χ1) is 21.4. The van der Waals surface area contributed by atoms with E-state index < -0.39 is 22.9 Å². The molecule has 2 fully saturated rings. The van der Waals surface area contributed by atoms with Gasteiger partial charge < -0.3 is 28.4 Å². The first kappa shape index (κ1) is 35.6. The van der Waals surface area contributed by atoms with Crippen molar-refractivity contribution in [2.45, 2.75) is 153 Å². The standard InChI is InChI=1S/C34H57N5O4SSi2/c1-22-25(27(41-38-22)23-15-13-12-14-16-23)19-44-20-26-28(42-45(8,9)33(2,3)4)29(43-46(10,11)34(5,6)7)32(40-26)39-18-17-24-30(35)36-21-37-31(24)39/h17-18,21,23,26,28-29,32H,12-16,19-20H2,1-11H3,(H2,35,36,37)/t26-,28-,29-,32-/m1/s1. The van der Waals surface area contributed by atoms with Crippen LogP contribution in [-0.4, -0.2) is 60.4 Å². The van der Waals surface area contributed by atoms with Gasteiger partial charge in [0.15, 0.2) is 22.9 Å². The van der Waals surface area contributed by atoms with Crippen molar-refractivity contribution in [3.63, 3.8) is 0 Å². The molecule has 0 bridgehead atoms. The van der Waals surface area contributed by atoms with E-state index in [4.69, 9.17) is 23.8 Å². The van der Waals surface area contributed by atoms with Gasteiger partial charge in [0.05, 0.1) is 17.2 Å². The zero-order valence-corrected chi connectivity index (χ0v) is 32.8. The number of ether oxygens (including phenoxy) is 1. The number of hydrogen-bond donors (Lipinski definition) is 1. The van der Waals surface area contributed by atoms with Crippen LogP contribution in [-0.2, 0) is 19.3 Å². The summed E-state index contributed by atoms with van der Waals surface area (Å²) in [6.07, 6.45) is 8.59. The summed E-state index contributed by atoms with van der Waals surface area (Å²) < 4.78 is 29.8. The molecule has 256 valence electrons. The van der Waals surface area contributed by atoms with Crippen LogP contribution < -0.4 is 5.73 Å². The van der Waals surface area contributed by atoms with Gasteiger partial charge in [0, 0.05) is 29.2 Å². The van der Waals surface area contributed by atoms with Crippen LogP contribution in [0.2, 0.25) is 36.3 Å². The molecule has 1 saturated carbocycles. The molecular weight excluding hydrogens is 631 g/mol. The van der Waals surface area contributed by atoms with Crippen LogP contribution in [0.25, 0.3) is 11.0 Å². The second-order valence-electron chi connectivity index (χ2n) is 16.4. The molecule has 1 aliphatic heterocycles. The smallest absolute Gasteiger partial charge is 0.192 e.